The van der Waals surface area contributed by atoms with Gasteiger partial charge in [-0.15, -0.1) is 0 Å². The lowest BCUT2D eigenvalue weighted by Crippen LogP contribution is -2.35. The summed E-state index contributed by atoms with van der Waals surface area (Å²) in [6.07, 6.45) is 0.150. The van der Waals surface area contributed by atoms with Gasteiger partial charge in [0.2, 0.25) is 5.91 Å². The first-order valence-electron chi connectivity index (χ1n) is 7.26. The fraction of sp³-hybridized carbons (Fsp3) is 0.222. The van der Waals surface area contributed by atoms with E-state index in [1.54, 1.807) is 12.1 Å². The lowest BCUT2D eigenvalue weighted by Gasteiger charge is -2.18. The van der Waals surface area contributed by atoms with Gasteiger partial charge in [0.25, 0.3) is 0 Å². The van der Waals surface area contributed by atoms with E-state index in [4.69, 9.17) is 0 Å². The van der Waals surface area contributed by atoms with Crippen molar-refractivity contribution in [3.63, 3.8) is 0 Å². The molecular weight excluding hydrogens is 358 g/mol. The number of anilines is 1. The maximum Gasteiger partial charge on any atom is 0.225 e. The molecule has 4 nitrogen and oxygen atoms in total. The second-order valence-corrected chi connectivity index (χ2v) is 6.28. The van der Waals surface area contributed by atoms with Crippen molar-refractivity contribution in [3.05, 3.63) is 64.1 Å². The number of carboxylic acid groups (broad SMARTS) is 1. The number of nitrogens with one attached hydrogen (secondary N) is 1. The molecule has 0 spiro atoms. The maximum absolute atomic E-state index is 12.1. The number of carboxylic acids is 1. The number of hydrogen-bond donors (Lipinski definition) is 1. The van der Waals surface area contributed by atoms with Gasteiger partial charge in [-0.2, -0.15) is 0 Å². The molecule has 0 aromatic heterocycles. The van der Waals surface area contributed by atoms with E-state index in [-0.39, 0.29) is 18.7 Å². The molecule has 1 N–H and O–H groups in total. The first kappa shape index (κ1) is 17.2. The molecule has 0 aliphatic heterocycles. The molecule has 2 aromatic carbocycles. The van der Waals surface area contributed by atoms with Crippen molar-refractivity contribution in [1.29, 1.82) is 0 Å². The van der Waals surface area contributed by atoms with Crippen LogP contribution < -0.4 is 10.4 Å². The molecular formula is C18H17BrNO3-. The Kier molecular flexibility index (Phi) is 5.93. The topological polar surface area (TPSA) is 69.2 Å². The van der Waals surface area contributed by atoms with E-state index in [0.29, 0.717) is 5.69 Å². The SMILES string of the molecule is Cc1ccc(NC(=O)C[C@H](Cc2ccccc2)C(=O)[O-])cc1Br. The van der Waals surface area contributed by atoms with Crippen LogP contribution in [0.15, 0.2) is 53.0 Å². The lowest BCUT2D eigenvalue weighted by molar-refractivity contribution is -0.311. The number of amides is 1. The average Bonchev–Trinajstić information content (AvgIpc) is 2.51. The number of carbonyl (C=O) groups excluding carboxylic acids is 2. The van der Waals surface area contributed by atoms with Crippen molar-refractivity contribution in [2.24, 2.45) is 5.92 Å². The zero-order valence-corrected chi connectivity index (χ0v) is 14.3. The number of halogens is 1. The molecule has 0 heterocycles. The van der Waals surface area contributed by atoms with Crippen LogP contribution in [0.2, 0.25) is 0 Å². The van der Waals surface area contributed by atoms with Gasteiger partial charge in [0.05, 0.1) is 0 Å². The molecule has 2 rings (SSSR count). The molecule has 2 aromatic rings. The number of rotatable bonds is 6. The summed E-state index contributed by atoms with van der Waals surface area (Å²) in [5.74, 6) is -2.41. The van der Waals surface area contributed by atoms with Gasteiger partial charge in [-0.1, -0.05) is 52.3 Å². The molecule has 0 fully saturated rings. The minimum atomic E-state index is -1.21. The Balaban J connectivity index is 2.00. The Morgan fingerprint density at radius 3 is 2.48 bits per heavy atom. The monoisotopic (exact) mass is 374 g/mol. The second kappa shape index (κ2) is 7.92. The molecule has 0 radical (unpaired) electrons. The van der Waals surface area contributed by atoms with Crippen LogP contribution in [0.4, 0.5) is 5.69 Å². The molecule has 0 unspecified atom stereocenters. The number of hydrogen-bond acceptors (Lipinski definition) is 3. The van der Waals surface area contributed by atoms with Crippen molar-refractivity contribution in [2.75, 3.05) is 5.32 Å². The van der Waals surface area contributed by atoms with E-state index in [9.17, 15) is 14.7 Å². The predicted molar refractivity (Wildman–Crippen MR) is 90.8 cm³/mol. The van der Waals surface area contributed by atoms with E-state index < -0.39 is 11.9 Å². The fourth-order valence-corrected chi connectivity index (χ4v) is 2.62. The third-order valence-electron chi connectivity index (χ3n) is 3.55. The smallest absolute Gasteiger partial charge is 0.225 e. The Labute approximate surface area is 143 Å². The molecule has 5 heteroatoms. The van der Waals surface area contributed by atoms with Crippen LogP contribution in [-0.2, 0) is 16.0 Å². The van der Waals surface area contributed by atoms with Gasteiger partial charge in [-0.25, -0.2) is 0 Å². The van der Waals surface area contributed by atoms with E-state index in [1.165, 1.54) is 0 Å². The summed E-state index contributed by atoms with van der Waals surface area (Å²) in [7, 11) is 0. The first-order valence-corrected chi connectivity index (χ1v) is 8.06. The van der Waals surface area contributed by atoms with Crippen LogP contribution in [-0.4, -0.2) is 11.9 Å². The highest BCUT2D eigenvalue weighted by molar-refractivity contribution is 9.10. The Hall–Kier alpha value is -2.14. The minimum absolute atomic E-state index is 0.122. The summed E-state index contributed by atoms with van der Waals surface area (Å²) >= 11 is 3.40. The molecule has 0 saturated carbocycles. The van der Waals surface area contributed by atoms with Gasteiger partial charge < -0.3 is 15.2 Å². The largest absolute Gasteiger partial charge is 0.550 e. The second-order valence-electron chi connectivity index (χ2n) is 5.42. The normalized spacial score (nSPS) is 11.7. The molecule has 0 saturated heterocycles. The molecule has 0 aliphatic rings. The summed E-state index contributed by atoms with van der Waals surface area (Å²) in [5, 5.41) is 14.0. The van der Waals surface area contributed by atoms with Crippen LogP contribution in [0.25, 0.3) is 0 Å². The van der Waals surface area contributed by atoms with Gasteiger partial charge in [0, 0.05) is 28.5 Å². The van der Waals surface area contributed by atoms with E-state index in [2.05, 4.69) is 21.2 Å². The van der Waals surface area contributed by atoms with Gasteiger partial charge in [0.15, 0.2) is 0 Å². The summed E-state index contributed by atoms with van der Waals surface area (Å²) in [5.41, 5.74) is 2.55. The molecule has 1 atom stereocenters. The Morgan fingerprint density at radius 2 is 1.87 bits per heavy atom. The van der Waals surface area contributed by atoms with Crippen LogP contribution in [0.3, 0.4) is 0 Å². The number of aryl methyl sites for hydroxylation is 1. The van der Waals surface area contributed by atoms with Crippen LogP contribution in [0, 0.1) is 12.8 Å². The summed E-state index contributed by atoms with van der Waals surface area (Å²) in [6, 6.07) is 14.7. The molecule has 1 amide bonds. The molecule has 23 heavy (non-hydrogen) atoms. The molecule has 0 bridgehead atoms. The zero-order valence-electron chi connectivity index (χ0n) is 12.7. The van der Waals surface area contributed by atoms with Gasteiger partial charge in [0.1, 0.15) is 0 Å². The van der Waals surface area contributed by atoms with Crippen LogP contribution >= 0.6 is 15.9 Å². The average molecular weight is 375 g/mol. The van der Waals surface area contributed by atoms with Crippen molar-refractivity contribution < 1.29 is 14.7 Å². The van der Waals surface area contributed by atoms with Gasteiger partial charge >= 0.3 is 0 Å². The van der Waals surface area contributed by atoms with Crippen LogP contribution in [0.5, 0.6) is 0 Å². The number of benzene rings is 2. The summed E-state index contributed by atoms with van der Waals surface area (Å²) in [4.78, 5) is 23.4. The minimum Gasteiger partial charge on any atom is -0.550 e. The first-order chi connectivity index (χ1) is 11.0. The number of aliphatic carboxylic acids is 1. The lowest BCUT2D eigenvalue weighted by atomic mass is 9.96. The number of carbonyl (C=O) groups is 2. The molecule has 120 valence electrons. The highest BCUT2D eigenvalue weighted by atomic mass is 79.9. The highest BCUT2D eigenvalue weighted by Gasteiger charge is 2.16. The predicted octanol–water partition coefficient (Wildman–Crippen LogP) is 2.69. The summed E-state index contributed by atoms with van der Waals surface area (Å²) < 4.78 is 0.885. The fourth-order valence-electron chi connectivity index (χ4n) is 2.24. The van der Waals surface area contributed by atoms with Crippen LogP contribution in [0.1, 0.15) is 17.5 Å². The standard InChI is InChI=1S/C18H18BrNO3/c1-12-7-8-15(11-16(12)19)20-17(21)10-14(18(22)23)9-13-5-3-2-4-6-13/h2-8,11,14H,9-10H2,1H3,(H,20,21)(H,22,23)/p-1/t14-/m0/s1. The van der Waals surface area contributed by atoms with Crippen molar-refractivity contribution in [3.8, 4) is 0 Å². The Bertz CT molecular complexity index is 701. The van der Waals surface area contributed by atoms with Crippen molar-refractivity contribution >= 4 is 33.5 Å². The molecule has 0 aliphatic carbocycles. The third-order valence-corrected chi connectivity index (χ3v) is 4.40. The van der Waals surface area contributed by atoms with Gasteiger partial charge in [-0.3, -0.25) is 4.79 Å². The zero-order chi connectivity index (χ0) is 16.8. The van der Waals surface area contributed by atoms with Gasteiger partial charge in [-0.05, 0) is 36.6 Å². The van der Waals surface area contributed by atoms with E-state index in [0.717, 1.165) is 15.6 Å². The quantitative estimate of drug-likeness (QED) is 0.844. The summed E-state index contributed by atoms with van der Waals surface area (Å²) in [6.45, 7) is 1.95. The maximum atomic E-state index is 12.1. The van der Waals surface area contributed by atoms with Crippen molar-refractivity contribution in [1.82, 2.24) is 0 Å². The Morgan fingerprint density at radius 1 is 1.17 bits per heavy atom. The van der Waals surface area contributed by atoms with E-state index >= 15 is 0 Å². The van der Waals surface area contributed by atoms with E-state index in [1.807, 2.05) is 43.3 Å². The third kappa shape index (κ3) is 5.21. The highest BCUT2D eigenvalue weighted by Crippen LogP contribution is 2.21. The van der Waals surface area contributed by atoms with Crippen molar-refractivity contribution in [2.45, 2.75) is 19.8 Å².